The third-order valence-electron chi connectivity index (χ3n) is 3.28. The molecule has 0 spiro atoms. The Labute approximate surface area is 145 Å². The third kappa shape index (κ3) is 3.63. The Kier molecular flexibility index (Phi) is 4.50. The van der Waals surface area contributed by atoms with Crippen LogP contribution in [-0.4, -0.2) is 5.91 Å². The van der Waals surface area contributed by atoms with E-state index in [1.807, 2.05) is 6.07 Å². The number of amides is 1. The molecule has 2 aromatic carbocycles. The summed E-state index contributed by atoms with van der Waals surface area (Å²) in [5.41, 5.74) is 0.587. The molecule has 0 saturated carbocycles. The van der Waals surface area contributed by atoms with Crippen LogP contribution in [0.15, 0.2) is 62.2 Å². The smallest absolute Gasteiger partial charge is 0.349 e. The van der Waals surface area contributed by atoms with Crippen molar-refractivity contribution in [3.05, 3.63) is 79.6 Å². The van der Waals surface area contributed by atoms with Gasteiger partial charge in [-0.1, -0.05) is 39.7 Å². The molecule has 6 heteroatoms. The Bertz CT molecular complexity index is 952. The Morgan fingerprint density at radius 3 is 2.78 bits per heavy atom. The van der Waals surface area contributed by atoms with Crippen molar-refractivity contribution in [2.24, 2.45) is 0 Å². The molecule has 0 unspecified atom stereocenters. The van der Waals surface area contributed by atoms with E-state index in [2.05, 4.69) is 21.2 Å². The number of rotatable bonds is 3. The zero-order valence-corrected chi connectivity index (χ0v) is 14.1. The van der Waals surface area contributed by atoms with Crippen LogP contribution in [0, 0.1) is 0 Å². The molecule has 1 aromatic heterocycles. The van der Waals surface area contributed by atoms with Crippen molar-refractivity contribution < 1.29 is 9.21 Å². The van der Waals surface area contributed by atoms with Crippen molar-refractivity contribution in [2.45, 2.75) is 6.54 Å². The van der Waals surface area contributed by atoms with Gasteiger partial charge in [0.1, 0.15) is 11.1 Å². The largest absolute Gasteiger partial charge is 0.422 e. The van der Waals surface area contributed by atoms with Crippen LogP contribution in [0.4, 0.5) is 0 Å². The fraction of sp³-hybridized carbons (Fsp3) is 0.0588. The number of hydrogen-bond acceptors (Lipinski definition) is 3. The molecule has 3 aromatic rings. The Balaban J connectivity index is 1.85. The van der Waals surface area contributed by atoms with Gasteiger partial charge in [-0.2, -0.15) is 0 Å². The number of halogens is 2. The average molecular weight is 393 g/mol. The zero-order chi connectivity index (χ0) is 16.4. The predicted molar refractivity (Wildman–Crippen MR) is 92.8 cm³/mol. The van der Waals surface area contributed by atoms with Crippen LogP contribution in [-0.2, 0) is 6.54 Å². The first-order valence-corrected chi connectivity index (χ1v) is 7.96. The number of nitrogens with one attached hydrogen (secondary N) is 1. The fourth-order valence-corrected chi connectivity index (χ4v) is 2.77. The van der Waals surface area contributed by atoms with Crippen molar-refractivity contribution in [3.63, 3.8) is 0 Å². The maximum Gasteiger partial charge on any atom is 0.349 e. The minimum absolute atomic E-state index is 0.0300. The average Bonchev–Trinajstić information content (AvgIpc) is 2.52. The second-order valence-electron chi connectivity index (χ2n) is 4.94. The van der Waals surface area contributed by atoms with E-state index in [9.17, 15) is 9.59 Å². The second kappa shape index (κ2) is 6.56. The zero-order valence-electron chi connectivity index (χ0n) is 11.8. The van der Waals surface area contributed by atoms with E-state index in [1.165, 1.54) is 6.07 Å². The van der Waals surface area contributed by atoms with E-state index in [0.717, 1.165) is 10.0 Å². The van der Waals surface area contributed by atoms with Gasteiger partial charge in [-0.3, -0.25) is 4.79 Å². The lowest BCUT2D eigenvalue weighted by atomic mass is 10.1. The van der Waals surface area contributed by atoms with Gasteiger partial charge < -0.3 is 9.73 Å². The third-order valence-corrected chi connectivity index (χ3v) is 4.01. The van der Waals surface area contributed by atoms with Crippen molar-refractivity contribution in [3.8, 4) is 0 Å². The molecular formula is C17H11BrClNO3. The highest BCUT2D eigenvalue weighted by Crippen LogP contribution is 2.19. The normalized spacial score (nSPS) is 10.7. The molecule has 1 N–H and O–H groups in total. The highest BCUT2D eigenvalue weighted by Gasteiger charge is 2.13. The van der Waals surface area contributed by atoms with Crippen LogP contribution >= 0.6 is 27.5 Å². The van der Waals surface area contributed by atoms with Crippen molar-refractivity contribution in [1.29, 1.82) is 0 Å². The minimum atomic E-state index is -0.664. The highest BCUT2D eigenvalue weighted by atomic mass is 79.9. The monoisotopic (exact) mass is 391 g/mol. The van der Waals surface area contributed by atoms with E-state index in [-0.39, 0.29) is 12.1 Å². The summed E-state index contributed by atoms with van der Waals surface area (Å²) >= 11 is 9.25. The predicted octanol–water partition coefficient (Wildman–Crippen LogP) is 4.14. The van der Waals surface area contributed by atoms with Crippen molar-refractivity contribution in [1.82, 2.24) is 5.32 Å². The molecule has 23 heavy (non-hydrogen) atoms. The molecule has 0 bridgehead atoms. The van der Waals surface area contributed by atoms with Crippen LogP contribution < -0.4 is 10.9 Å². The standard InChI is InChI=1S/C17H11BrClNO3/c18-12-4-5-15-11(7-12)8-14(17(22)23-15)16(21)20-9-10-2-1-3-13(19)6-10/h1-8H,9H2,(H,20,21). The highest BCUT2D eigenvalue weighted by molar-refractivity contribution is 9.10. The topological polar surface area (TPSA) is 59.3 Å². The van der Waals surface area contributed by atoms with Gasteiger partial charge in [0.25, 0.3) is 5.91 Å². The van der Waals surface area contributed by atoms with Gasteiger partial charge in [0.05, 0.1) is 0 Å². The molecule has 0 fully saturated rings. The van der Waals surface area contributed by atoms with E-state index in [1.54, 1.807) is 36.4 Å². The van der Waals surface area contributed by atoms with E-state index >= 15 is 0 Å². The van der Waals surface area contributed by atoms with E-state index in [4.69, 9.17) is 16.0 Å². The van der Waals surface area contributed by atoms with Gasteiger partial charge in [-0.25, -0.2) is 4.79 Å². The number of hydrogen-bond donors (Lipinski definition) is 1. The molecular weight excluding hydrogens is 382 g/mol. The van der Waals surface area contributed by atoms with Crippen molar-refractivity contribution >= 4 is 44.4 Å². The van der Waals surface area contributed by atoms with Gasteiger partial charge in [-0.15, -0.1) is 0 Å². The van der Waals surface area contributed by atoms with Gasteiger partial charge >= 0.3 is 5.63 Å². The molecule has 0 aliphatic rings. The summed E-state index contributed by atoms with van der Waals surface area (Å²) in [4.78, 5) is 24.2. The Hall–Kier alpha value is -2.11. The van der Waals surface area contributed by atoms with Gasteiger partial charge in [0, 0.05) is 21.4 Å². The molecule has 0 atom stereocenters. The van der Waals surface area contributed by atoms with E-state index < -0.39 is 11.5 Å². The fourth-order valence-electron chi connectivity index (χ4n) is 2.18. The Morgan fingerprint density at radius 1 is 1.17 bits per heavy atom. The van der Waals surface area contributed by atoms with Crippen LogP contribution in [0.5, 0.6) is 0 Å². The maximum absolute atomic E-state index is 12.2. The lowest BCUT2D eigenvalue weighted by molar-refractivity contribution is 0.0947. The van der Waals surface area contributed by atoms with Crippen molar-refractivity contribution in [2.75, 3.05) is 0 Å². The molecule has 1 heterocycles. The van der Waals surface area contributed by atoms with Gasteiger partial charge in [-0.05, 0) is 42.0 Å². The second-order valence-corrected chi connectivity index (χ2v) is 6.29. The lowest BCUT2D eigenvalue weighted by Gasteiger charge is -2.06. The summed E-state index contributed by atoms with van der Waals surface area (Å²) in [5.74, 6) is -0.486. The van der Waals surface area contributed by atoms with Gasteiger partial charge in [0.2, 0.25) is 0 Å². The first-order chi connectivity index (χ1) is 11.0. The first kappa shape index (κ1) is 15.8. The summed E-state index contributed by atoms with van der Waals surface area (Å²) in [7, 11) is 0. The molecule has 3 rings (SSSR count). The number of fused-ring (bicyclic) bond motifs is 1. The molecule has 0 saturated heterocycles. The molecule has 1 amide bonds. The molecule has 0 aliphatic carbocycles. The summed E-state index contributed by atoms with van der Waals surface area (Å²) < 4.78 is 6.02. The molecule has 0 radical (unpaired) electrons. The summed E-state index contributed by atoms with van der Waals surface area (Å²) in [6.07, 6.45) is 0. The number of benzene rings is 2. The maximum atomic E-state index is 12.2. The summed E-state index contributed by atoms with van der Waals surface area (Å²) in [5, 5.41) is 3.96. The van der Waals surface area contributed by atoms with Crippen LogP contribution in [0.2, 0.25) is 5.02 Å². The summed E-state index contributed by atoms with van der Waals surface area (Å²) in [6, 6.07) is 13.9. The SMILES string of the molecule is O=C(NCc1cccc(Cl)c1)c1cc2cc(Br)ccc2oc1=O. The van der Waals surface area contributed by atoms with Gasteiger partial charge in [0.15, 0.2) is 0 Å². The van der Waals surface area contributed by atoms with Crippen LogP contribution in [0.1, 0.15) is 15.9 Å². The van der Waals surface area contributed by atoms with E-state index in [0.29, 0.717) is 16.0 Å². The quantitative estimate of drug-likeness (QED) is 0.682. The van der Waals surface area contributed by atoms with Crippen LogP contribution in [0.25, 0.3) is 11.0 Å². The minimum Gasteiger partial charge on any atom is -0.422 e. The molecule has 4 nitrogen and oxygen atoms in total. The van der Waals surface area contributed by atoms with Crippen LogP contribution in [0.3, 0.4) is 0 Å². The number of carbonyl (C=O) groups excluding carboxylic acids is 1. The molecule has 116 valence electrons. The Morgan fingerprint density at radius 2 is 2.00 bits per heavy atom. The summed E-state index contributed by atoms with van der Waals surface area (Å²) in [6.45, 7) is 0.273. The first-order valence-electron chi connectivity index (χ1n) is 6.79. The number of carbonyl (C=O) groups is 1. The lowest BCUT2D eigenvalue weighted by Crippen LogP contribution is -2.27. The molecule has 0 aliphatic heterocycles.